The fraction of sp³-hybridized carbons (Fsp3) is 0.636. The first-order valence-corrected chi connectivity index (χ1v) is 12.7. The number of amides is 1. The maximum absolute atomic E-state index is 13.1. The van der Waals surface area contributed by atoms with E-state index in [1.165, 1.54) is 4.90 Å². The molecule has 1 fully saturated rings. The average molecular weight is 501 g/mol. The monoisotopic (exact) mass is 500 g/mol. The van der Waals surface area contributed by atoms with E-state index >= 15 is 0 Å². The molecule has 190 valence electrons. The summed E-state index contributed by atoms with van der Waals surface area (Å²) in [5, 5.41) is 2.86. The molecule has 0 bridgehead atoms. The highest BCUT2D eigenvalue weighted by molar-refractivity contribution is 7.91. The topological polar surface area (TPSA) is 145 Å². The van der Waals surface area contributed by atoms with Gasteiger partial charge in [0.05, 0.1) is 36.9 Å². The van der Waals surface area contributed by atoms with Crippen molar-refractivity contribution >= 4 is 33.7 Å². The molecule has 2 atom stereocenters. The van der Waals surface area contributed by atoms with Crippen LogP contribution in [0.3, 0.4) is 0 Å². The largest absolute Gasteiger partial charge is 0.466 e. The van der Waals surface area contributed by atoms with Crippen LogP contribution in [0.5, 0.6) is 0 Å². The van der Waals surface area contributed by atoms with E-state index in [1.54, 1.807) is 20.8 Å². The number of hydrogen-bond donors (Lipinski definition) is 1. The summed E-state index contributed by atoms with van der Waals surface area (Å²) in [5.74, 6) is -4.86. The smallest absolute Gasteiger partial charge is 0.336 e. The van der Waals surface area contributed by atoms with Gasteiger partial charge in [0.2, 0.25) is 0 Å². The van der Waals surface area contributed by atoms with Crippen molar-refractivity contribution in [3.05, 3.63) is 22.5 Å². The molecule has 0 radical (unpaired) electrons. The van der Waals surface area contributed by atoms with Gasteiger partial charge in [-0.1, -0.05) is 6.92 Å². The molecule has 2 rings (SSSR count). The van der Waals surface area contributed by atoms with Gasteiger partial charge < -0.3 is 24.4 Å². The van der Waals surface area contributed by atoms with Gasteiger partial charge in [0.15, 0.2) is 16.4 Å². The number of dihydropyridines is 1. The molecule has 1 saturated heterocycles. The molecule has 12 heteroatoms. The first-order valence-electron chi connectivity index (χ1n) is 10.9. The maximum Gasteiger partial charge on any atom is 0.336 e. The van der Waals surface area contributed by atoms with Crippen molar-refractivity contribution in [3.63, 3.8) is 0 Å². The fourth-order valence-corrected chi connectivity index (χ4v) is 5.99. The van der Waals surface area contributed by atoms with Gasteiger partial charge in [0.25, 0.3) is 5.91 Å². The molecule has 0 spiro atoms. The number of ether oxygens (including phenoxy) is 3. The van der Waals surface area contributed by atoms with Crippen LogP contribution in [-0.4, -0.2) is 81.5 Å². The van der Waals surface area contributed by atoms with Crippen molar-refractivity contribution in [1.82, 2.24) is 10.2 Å². The molecule has 1 N–H and O–H groups in total. The van der Waals surface area contributed by atoms with E-state index in [-0.39, 0.29) is 28.7 Å². The van der Waals surface area contributed by atoms with Crippen LogP contribution in [0.1, 0.15) is 40.5 Å². The number of nitrogens with one attached hydrogen (secondary N) is 1. The van der Waals surface area contributed by atoms with Gasteiger partial charge in [-0.15, -0.1) is 0 Å². The van der Waals surface area contributed by atoms with Crippen LogP contribution in [-0.2, 0) is 43.2 Å². The third kappa shape index (κ3) is 5.78. The first-order chi connectivity index (χ1) is 15.9. The molecular weight excluding hydrogens is 468 g/mol. The summed E-state index contributed by atoms with van der Waals surface area (Å²) in [6.07, 6.45) is 0.886. The first kappa shape index (κ1) is 27.4. The summed E-state index contributed by atoms with van der Waals surface area (Å²) in [5.41, 5.74) is 0.323. The molecule has 2 aliphatic heterocycles. The van der Waals surface area contributed by atoms with Crippen LogP contribution in [0.15, 0.2) is 22.5 Å². The molecule has 34 heavy (non-hydrogen) atoms. The third-order valence-corrected chi connectivity index (χ3v) is 7.85. The minimum atomic E-state index is -3.24. The number of carbonyl (C=O) groups is 4. The highest BCUT2D eigenvalue weighted by atomic mass is 32.2. The summed E-state index contributed by atoms with van der Waals surface area (Å²) in [6, 6.07) is -0.783. The van der Waals surface area contributed by atoms with E-state index in [2.05, 4.69) is 5.32 Å². The van der Waals surface area contributed by atoms with Gasteiger partial charge in [-0.25, -0.2) is 18.0 Å². The molecule has 2 aliphatic rings. The average Bonchev–Trinajstić information content (AvgIpc) is 3.14. The molecule has 0 aromatic rings. The van der Waals surface area contributed by atoms with Crippen LogP contribution in [0.25, 0.3) is 0 Å². The van der Waals surface area contributed by atoms with Gasteiger partial charge in [-0.3, -0.25) is 9.59 Å². The Bertz CT molecular complexity index is 991. The zero-order valence-corrected chi connectivity index (χ0v) is 21.1. The number of carbonyl (C=O) groups excluding carboxylic acids is 4. The lowest BCUT2D eigenvalue weighted by atomic mass is 9.85. The van der Waals surface area contributed by atoms with Crippen molar-refractivity contribution in [2.45, 2.75) is 52.6 Å². The van der Waals surface area contributed by atoms with E-state index in [9.17, 15) is 27.6 Å². The lowest BCUT2D eigenvalue weighted by molar-refractivity contribution is -0.157. The summed E-state index contributed by atoms with van der Waals surface area (Å²) in [4.78, 5) is 52.5. The summed E-state index contributed by atoms with van der Waals surface area (Å²) >= 11 is 0. The fourth-order valence-electron chi connectivity index (χ4n) is 4.28. The molecule has 0 aromatic heterocycles. The molecule has 11 nitrogen and oxygen atoms in total. The van der Waals surface area contributed by atoms with E-state index in [4.69, 9.17) is 14.2 Å². The van der Waals surface area contributed by atoms with Gasteiger partial charge in [-0.2, -0.15) is 0 Å². The van der Waals surface area contributed by atoms with Crippen LogP contribution < -0.4 is 5.32 Å². The van der Waals surface area contributed by atoms with Crippen molar-refractivity contribution in [1.29, 1.82) is 0 Å². The molecule has 0 aliphatic carbocycles. The Morgan fingerprint density at radius 2 is 1.59 bits per heavy atom. The Balaban J connectivity index is 2.30. The molecule has 0 aromatic carbocycles. The Labute approximate surface area is 199 Å². The van der Waals surface area contributed by atoms with Crippen LogP contribution in [0.4, 0.5) is 0 Å². The normalized spacial score (nSPS) is 20.9. The SMILES string of the molecule is CC[C@@H](C)N(C(=O)COC(=O)C1C(C(=O)OC)=C(C)NC(C)=C1C(=O)OC)[C@@H]1CCS(=O)(=O)C1. The molecule has 1 amide bonds. The highest BCUT2D eigenvalue weighted by Crippen LogP contribution is 2.32. The summed E-state index contributed by atoms with van der Waals surface area (Å²) in [7, 11) is -0.967. The Kier molecular flexibility index (Phi) is 8.87. The lowest BCUT2D eigenvalue weighted by Crippen LogP contribution is -2.48. The van der Waals surface area contributed by atoms with E-state index in [0.29, 0.717) is 24.2 Å². The van der Waals surface area contributed by atoms with Crippen molar-refractivity contribution in [2.24, 2.45) is 5.92 Å². The van der Waals surface area contributed by atoms with Gasteiger partial charge in [0.1, 0.15) is 5.92 Å². The number of methoxy groups -OCH3 is 2. The second kappa shape index (κ2) is 11.0. The minimum Gasteiger partial charge on any atom is -0.466 e. The molecular formula is C22H32N2O9S. The van der Waals surface area contributed by atoms with Crippen molar-refractivity contribution < 1.29 is 41.8 Å². The second-order valence-electron chi connectivity index (χ2n) is 8.34. The number of sulfone groups is 1. The van der Waals surface area contributed by atoms with Gasteiger partial charge in [-0.05, 0) is 33.6 Å². The van der Waals surface area contributed by atoms with E-state index in [0.717, 1.165) is 14.2 Å². The summed E-state index contributed by atoms with van der Waals surface area (Å²) < 4.78 is 38.7. The Morgan fingerprint density at radius 1 is 1.06 bits per heavy atom. The van der Waals surface area contributed by atoms with E-state index < -0.39 is 52.2 Å². The van der Waals surface area contributed by atoms with Crippen LogP contribution in [0, 0.1) is 5.92 Å². The number of allylic oxidation sites excluding steroid dienone is 2. The third-order valence-electron chi connectivity index (χ3n) is 6.10. The number of esters is 3. The number of nitrogens with zero attached hydrogens (tertiary/aromatic N) is 1. The van der Waals surface area contributed by atoms with E-state index in [1.807, 2.05) is 6.92 Å². The minimum absolute atomic E-state index is 0.00807. The van der Waals surface area contributed by atoms with Gasteiger partial charge >= 0.3 is 17.9 Å². The Morgan fingerprint density at radius 3 is 2.00 bits per heavy atom. The predicted molar refractivity (Wildman–Crippen MR) is 121 cm³/mol. The molecule has 2 heterocycles. The molecule has 0 unspecified atom stereocenters. The standard InChI is InChI=1S/C22H32N2O9S/c1-7-12(2)24(15-8-9-34(29,30)11-15)16(25)10-33-22(28)19-17(20(26)31-5)13(3)23-14(4)18(19)21(27)32-6/h12,15,19,23H,7-11H2,1-6H3/t12-,15-/m1/s1. The zero-order chi connectivity index (χ0) is 25.8. The van der Waals surface area contributed by atoms with Crippen molar-refractivity contribution in [3.8, 4) is 0 Å². The van der Waals surface area contributed by atoms with Crippen LogP contribution >= 0.6 is 0 Å². The number of hydrogen-bond acceptors (Lipinski definition) is 10. The maximum atomic E-state index is 13.1. The van der Waals surface area contributed by atoms with Gasteiger partial charge in [0, 0.05) is 23.5 Å². The quantitative estimate of drug-likeness (QED) is 0.368. The Hall–Kier alpha value is -2.89. The lowest BCUT2D eigenvalue weighted by Gasteiger charge is -2.34. The molecule has 0 saturated carbocycles. The number of rotatable bonds is 8. The summed E-state index contributed by atoms with van der Waals surface area (Å²) in [6.45, 7) is 6.06. The van der Waals surface area contributed by atoms with Crippen molar-refractivity contribution in [2.75, 3.05) is 32.3 Å². The highest BCUT2D eigenvalue weighted by Gasteiger charge is 2.43. The zero-order valence-electron chi connectivity index (χ0n) is 20.3. The second-order valence-corrected chi connectivity index (χ2v) is 10.6. The van der Waals surface area contributed by atoms with Crippen LogP contribution in [0.2, 0.25) is 0 Å². The predicted octanol–water partition coefficient (Wildman–Crippen LogP) is 0.457.